The Morgan fingerprint density at radius 2 is 1.57 bits per heavy atom. The molecule has 0 spiro atoms. The van der Waals surface area contributed by atoms with Gasteiger partial charge in [-0.05, 0) is 63.0 Å². The molecule has 0 aliphatic rings. The average Bonchev–Trinajstić information content (AvgIpc) is 2.95. The Hall–Kier alpha value is -4.84. The number of nitrogens with one attached hydrogen (secondary N) is 1. The van der Waals surface area contributed by atoms with Gasteiger partial charge < -0.3 is 14.2 Å². The summed E-state index contributed by atoms with van der Waals surface area (Å²) >= 11 is 0. The molecule has 0 radical (unpaired) electrons. The highest BCUT2D eigenvalue weighted by atomic mass is 16.5. The lowest BCUT2D eigenvalue weighted by Gasteiger charge is -2.12. The maximum atomic E-state index is 12.2. The second-order valence-electron chi connectivity index (χ2n) is 8.43. The largest absolute Gasteiger partial charge is 0.493 e. The van der Waals surface area contributed by atoms with Crippen LogP contribution in [0, 0.1) is 0 Å². The molecule has 5 rings (SSSR count). The molecule has 0 saturated heterocycles. The Morgan fingerprint density at radius 3 is 2.43 bits per heavy atom. The molecule has 0 aromatic heterocycles. The number of carbonyl (C=O) groups is 1. The van der Waals surface area contributed by atoms with Crippen molar-refractivity contribution in [2.45, 2.75) is 6.61 Å². The number of carbonyl (C=O) groups excluding carboxylic acids is 1. The number of methoxy groups -OCH3 is 1. The first-order valence-electron chi connectivity index (χ1n) is 11.9. The SMILES string of the molecule is COc1cc(/C=N/NC(=O)COc2ccc3ccccc3c2)ccc1OCc1cccc2ccccc12. The van der Waals surface area contributed by atoms with E-state index in [0.29, 0.717) is 23.9 Å². The van der Waals surface area contributed by atoms with Crippen LogP contribution in [-0.2, 0) is 11.4 Å². The van der Waals surface area contributed by atoms with Crippen LogP contribution in [0.5, 0.6) is 17.2 Å². The Balaban J connectivity index is 1.16. The van der Waals surface area contributed by atoms with E-state index in [1.807, 2.05) is 72.8 Å². The lowest BCUT2D eigenvalue weighted by atomic mass is 10.1. The van der Waals surface area contributed by atoms with E-state index in [-0.39, 0.29) is 12.5 Å². The normalized spacial score (nSPS) is 11.1. The van der Waals surface area contributed by atoms with Gasteiger partial charge in [-0.1, -0.05) is 72.8 Å². The minimum absolute atomic E-state index is 0.139. The number of nitrogens with zero attached hydrogens (tertiary/aromatic N) is 1. The van der Waals surface area contributed by atoms with Crippen molar-refractivity contribution in [1.29, 1.82) is 0 Å². The molecule has 0 unspecified atom stereocenters. The number of hydrazone groups is 1. The van der Waals surface area contributed by atoms with E-state index in [4.69, 9.17) is 14.2 Å². The Kier molecular flexibility index (Phi) is 7.27. The maximum Gasteiger partial charge on any atom is 0.277 e. The smallest absolute Gasteiger partial charge is 0.277 e. The zero-order valence-electron chi connectivity index (χ0n) is 20.4. The zero-order valence-corrected chi connectivity index (χ0v) is 20.4. The number of hydrogen-bond donors (Lipinski definition) is 1. The second-order valence-corrected chi connectivity index (χ2v) is 8.43. The lowest BCUT2D eigenvalue weighted by Crippen LogP contribution is -2.24. The fraction of sp³-hybridized carbons (Fsp3) is 0.0968. The molecule has 5 aromatic rings. The van der Waals surface area contributed by atoms with E-state index in [0.717, 1.165) is 27.3 Å². The van der Waals surface area contributed by atoms with Crippen LogP contribution in [0.15, 0.2) is 108 Å². The molecule has 0 fully saturated rings. The summed E-state index contributed by atoms with van der Waals surface area (Å²) < 4.78 is 17.2. The number of benzene rings is 5. The molecule has 0 bridgehead atoms. The number of fused-ring (bicyclic) bond motifs is 2. The molecule has 1 N–H and O–H groups in total. The first-order chi connectivity index (χ1) is 18.2. The topological polar surface area (TPSA) is 69.2 Å². The van der Waals surface area contributed by atoms with Crippen molar-refractivity contribution in [3.8, 4) is 17.2 Å². The molecule has 5 aromatic carbocycles. The maximum absolute atomic E-state index is 12.2. The minimum Gasteiger partial charge on any atom is -0.493 e. The summed E-state index contributed by atoms with van der Waals surface area (Å²) in [5, 5.41) is 8.54. The van der Waals surface area contributed by atoms with Crippen LogP contribution in [-0.4, -0.2) is 25.8 Å². The Labute approximate surface area is 215 Å². The van der Waals surface area contributed by atoms with Gasteiger partial charge in [0.15, 0.2) is 18.1 Å². The molecule has 6 heteroatoms. The van der Waals surface area contributed by atoms with E-state index in [1.165, 1.54) is 5.39 Å². The van der Waals surface area contributed by atoms with Crippen molar-refractivity contribution in [2.75, 3.05) is 13.7 Å². The van der Waals surface area contributed by atoms with E-state index < -0.39 is 0 Å². The van der Waals surface area contributed by atoms with E-state index >= 15 is 0 Å². The van der Waals surface area contributed by atoms with Crippen LogP contribution in [0.1, 0.15) is 11.1 Å². The highest BCUT2D eigenvalue weighted by molar-refractivity contribution is 5.86. The van der Waals surface area contributed by atoms with Gasteiger partial charge in [0.05, 0.1) is 13.3 Å². The third-order valence-corrected chi connectivity index (χ3v) is 5.94. The van der Waals surface area contributed by atoms with Crippen molar-refractivity contribution < 1.29 is 19.0 Å². The van der Waals surface area contributed by atoms with Gasteiger partial charge in [-0.15, -0.1) is 0 Å². The first-order valence-corrected chi connectivity index (χ1v) is 11.9. The molecule has 184 valence electrons. The monoisotopic (exact) mass is 490 g/mol. The van der Waals surface area contributed by atoms with Crippen molar-refractivity contribution in [3.05, 3.63) is 114 Å². The summed E-state index contributed by atoms with van der Waals surface area (Å²) in [6, 6.07) is 33.6. The van der Waals surface area contributed by atoms with Crippen molar-refractivity contribution in [1.82, 2.24) is 5.43 Å². The van der Waals surface area contributed by atoms with Crippen LogP contribution in [0.25, 0.3) is 21.5 Å². The number of ether oxygens (including phenoxy) is 3. The first kappa shape index (κ1) is 23.9. The van der Waals surface area contributed by atoms with E-state index in [1.54, 1.807) is 19.4 Å². The summed E-state index contributed by atoms with van der Waals surface area (Å²) in [6.07, 6.45) is 1.55. The Morgan fingerprint density at radius 1 is 0.784 bits per heavy atom. The standard InChI is InChI=1S/C31H26N2O4/c1-35-30-17-22(13-16-29(30)37-20-26-11-6-10-24-8-4-5-12-28(24)26)19-32-33-31(34)21-36-27-15-14-23-7-2-3-9-25(23)18-27/h2-19H,20-21H2,1H3,(H,33,34)/b32-19+. The third kappa shape index (κ3) is 5.87. The molecule has 0 atom stereocenters. The molecule has 0 aliphatic carbocycles. The number of rotatable bonds is 9. The molecule has 0 heterocycles. The predicted molar refractivity (Wildman–Crippen MR) is 146 cm³/mol. The fourth-order valence-electron chi connectivity index (χ4n) is 4.07. The summed E-state index contributed by atoms with van der Waals surface area (Å²) in [5.74, 6) is 1.48. The van der Waals surface area contributed by atoms with Gasteiger partial charge >= 0.3 is 0 Å². The van der Waals surface area contributed by atoms with Gasteiger partial charge in [-0.25, -0.2) is 5.43 Å². The van der Waals surface area contributed by atoms with Gasteiger partial charge in [0.2, 0.25) is 0 Å². The molecule has 37 heavy (non-hydrogen) atoms. The molecular formula is C31H26N2O4. The van der Waals surface area contributed by atoms with Crippen LogP contribution in [0.2, 0.25) is 0 Å². The van der Waals surface area contributed by atoms with Gasteiger partial charge in [0.25, 0.3) is 5.91 Å². The summed E-state index contributed by atoms with van der Waals surface area (Å²) in [5.41, 5.74) is 4.34. The van der Waals surface area contributed by atoms with Gasteiger partial charge in [0, 0.05) is 0 Å². The van der Waals surface area contributed by atoms with Gasteiger partial charge in [-0.3, -0.25) is 4.79 Å². The molecule has 0 saturated carbocycles. The quantitative estimate of drug-likeness (QED) is 0.200. The van der Waals surface area contributed by atoms with E-state index in [2.05, 4.69) is 34.8 Å². The molecule has 1 amide bonds. The zero-order chi connectivity index (χ0) is 25.5. The molecular weight excluding hydrogens is 464 g/mol. The third-order valence-electron chi connectivity index (χ3n) is 5.94. The number of amides is 1. The molecule has 0 aliphatic heterocycles. The van der Waals surface area contributed by atoms with Gasteiger partial charge in [-0.2, -0.15) is 5.10 Å². The highest BCUT2D eigenvalue weighted by Gasteiger charge is 2.08. The van der Waals surface area contributed by atoms with Crippen LogP contribution in [0.3, 0.4) is 0 Å². The van der Waals surface area contributed by atoms with Crippen LogP contribution < -0.4 is 19.6 Å². The summed E-state index contributed by atoms with van der Waals surface area (Å²) in [4.78, 5) is 12.2. The van der Waals surface area contributed by atoms with Crippen molar-refractivity contribution >= 4 is 33.7 Å². The van der Waals surface area contributed by atoms with Gasteiger partial charge in [0.1, 0.15) is 12.4 Å². The fourth-order valence-corrected chi connectivity index (χ4v) is 4.07. The molecule has 6 nitrogen and oxygen atoms in total. The lowest BCUT2D eigenvalue weighted by molar-refractivity contribution is -0.123. The highest BCUT2D eigenvalue weighted by Crippen LogP contribution is 2.29. The van der Waals surface area contributed by atoms with Crippen LogP contribution in [0.4, 0.5) is 0 Å². The minimum atomic E-state index is -0.355. The Bertz CT molecular complexity index is 1570. The average molecular weight is 491 g/mol. The van der Waals surface area contributed by atoms with Crippen molar-refractivity contribution in [3.63, 3.8) is 0 Å². The summed E-state index contributed by atoms with van der Waals surface area (Å²) in [7, 11) is 1.59. The van der Waals surface area contributed by atoms with Crippen molar-refractivity contribution in [2.24, 2.45) is 5.10 Å². The number of hydrogen-bond acceptors (Lipinski definition) is 5. The summed E-state index contributed by atoms with van der Waals surface area (Å²) in [6.45, 7) is 0.276. The van der Waals surface area contributed by atoms with Crippen LogP contribution >= 0.6 is 0 Å². The van der Waals surface area contributed by atoms with E-state index in [9.17, 15) is 4.79 Å². The predicted octanol–water partition coefficient (Wildman–Crippen LogP) is 6.11. The second kappa shape index (κ2) is 11.3.